The van der Waals surface area contributed by atoms with E-state index in [9.17, 15) is 9.90 Å². The van der Waals surface area contributed by atoms with Gasteiger partial charge in [0.05, 0.1) is 12.4 Å². The summed E-state index contributed by atoms with van der Waals surface area (Å²) in [6.45, 7) is 2.08. The van der Waals surface area contributed by atoms with E-state index in [0.717, 1.165) is 42.5 Å². The summed E-state index contributed by atoms with van der Waals surface area (Å²) in [6.07, 6.45) is 1.58. The third-order valence-corrected chi connectivity index (χ3v) is 4.22. The molecule has 1 atom stereocenters. The monoisotopic (exact) mass is 304 g/mol. The van der Waals surface area contributed by atoms with E-state index in [2.05, 4.69) is 10.2 Å². The number of hydrogen-bond acceptors (Lipinski definition) is 4. The maximum absolute atomic E-state index is 10.6. The molecule has 1 fully saturated rings. The van der Waals surface area contributed by atoms with Gasteiger partial charge in [0.25, 0.3) is 0 Å². The minimum absolute atomic E-state index is 0.0145. The molecular formula is C16H20N2O4. The highest BCUT2D eigenvalue weighted by Gasteiger charge is 2.23. The summed E-state index contributed by atoms with van der Waals surface area (Å²) in [5, 5.41) is 22.6. The van der Waals surface area contributed by atoms with Crippen molar-refractivity contribution in [3.05, 3.63) is 36.1 Å². The number of nitrogens with zero attached hydrogens (tertiary/aromatic N) is 1. The zero-order chi connectivity index (χ0) is 15.5. The molecule has 1 amide bonds. The molecule has 2 heterocycles. The number of carbonyl (C=O) groups is 1. The molecule has 0 spiro atoms. The van der Waals surface area contributed by atoms with Crippen LogP contribution in [0, 0.1) is 0 Å². The third kappa shape index (κ3) is 3.23. The Morgan fingerprint density at radius 3 is 2.82 bits per heavy atom. The van der Waals surface area contributed by atoms with Crippen LogP contribution in [0.25, 0.3) is 11.0 Å². The number of nitrogens with one attached hydrogen (secondary N) is 1. The first-order chi connectivity index (χ1) is 10.6. The number of amides is 1. The molecule has 1 unspecified atom stereocenters. The Hall–Kier alpha value is -2.05. The number of likely N-dealkylation sites (tertiary alicyclic amines) is 1. The van der Waals surface area contributed by atoms with Gasteiger partial charge in [-0.2, -0.15) is 0 Å². The SMILES string of the molecule is O=C(O)NC1CCN(CC(O)c2coc3ccccc23)CC1. The second kappa shape index (κ2) is 6.37. The van der Waals surface area contributed by atoms with Gasteiger partial charge in [0.2, 0.25) is 0 Å². The molecule has 0 saturated carbocycles. The van der Waals surface area contributed by atoms with Gasteiger partial charge < -0.3 is 24.8 Å². The second-order valence-corrected chi connectivity index (χ2v) is 5.73. The summed E-state index contributed by atoms with van der Waals surface area (Å²) in [5.41, 5.74) is 1.59. The quantitative estimate of drug-likeness (QED) is 0.806. The maximum Gasteiger partial charge on any atom is 0.404 e. The number of furan rings is 1. The summed E-state index contributed by atoms with van der Waals surface area (Å²) in [5.74, 6) is 0. The summed E-state index contributed by atoms with van der Waals surface area (Å²) in [7, 11) is 0. The van der Waals surface area contributed by atoms with Crippen molar-refractivity contribution in [2.24, 2.45) is 0 Å². The van der Waals surface area contributed by atoms with Crippen molar-refractivity contribution in [3.63, 3.8) is 0 Å². The van der Waals surface area contributed by atoms with E-state index in [0.29, 0.717) is 6.54 Å². The van der Waals surface area contributed by atoms with E-state index >= 15 is 0 Å². The predicted molar refractivity (Wildman–Crippen MR) is 81.8 cm³/mol. The number of para-hydroxylation sites is 1. The first kappa shape index (κ1) is 14.9. The minimum atomic E-state index is -0.969. The van der Waals surface area contributed by atoms with Crippen LogP contribution in [-0.4, -0.2) is 46.9 Å². The number of hydrogen-bond donors (Lipinski definition) is 3. The zero-order valence-corrected chi connectivity index (χ0v) is 12.2. The van der Waals surface area contributed by atoms with Crippen LogP contribution in [-0.2, 0) is 0 Å². The molecule has 3 rings (SSSR count). The van der Waals surface area contributed by atoms with Crippen LogP contribution >= 0.6 is 0 Å². The molecule has 1 aromatic carbocycles. The molecule has 2 aromatic rings. The maximum atomic E-state index is 10.6. The van der Waals surface area contributed by atoms with E-state index < -0.39 is 12.2 Å². The molecule has 1 aromatic heterocycles. The van der Waals surface area contributed by atoms with Gasteiger partial charge in [-0.05, 0) is 18.9 Å². The van der Waals surface area contributed by atoms with Crippen LogP contribution in [0.5, 0.6) is 0 Å². The lowest BCUT2D eigenvalue weighted by molar-refractivity contribution is 0.0937. The predicted octanol–water partition coefficient (Wildman–Crippen LogP) is 2.20. The zero-order valence-electron chi connectivity index (χ0n) is 12.2. The van der Waals surface area contributed by atoms with Crippen molar-refractivity contribution in [2.45, 2.75) is 25.0 Å². The number of piperidine rings is 1. The Labute approximate surface area is 128 Å². The Kier molecular flexibility index (Phi) is 4.31. The fourth-order valence-electron chi connectivity index (χ4n) is 3.03. The topological polar surface area (TPSA) is 85.9 Å². The fourth-order valence-corrected chi connectivity index (χ4v) is 3.03. The first-order valence-corrected chi connectivity index (χ1v) is 7.49. The third-order valence-electron chi connectivity index (χ3n) is 4.22. The van der Waals surface area contributed by atoms with Gasteiger partial charge in [0, 0.05) is 36.6 Å². The molecule has 6 heteroatoms. The summed E-state index contributed by atoms with van der Waals surface area (Å²) < 4.78 is 5.47. The van der Waals surface area contributed by atoms with Crippen molar-refractivity contribution in [1.82, 2.24) is 10.2 Å². The largest absolute Gasteiger partial charge is 0.465 e. The van der Waals surface area contributed by atoms with Crippen LogP contribution in [0.4, 0.5) is 4.79 Å². The average molecular weight is 304 g/mol. The highest BCUT2D eigenvalue weighted by molar-refractivity contribution is 5.81. The molecule has 118 valence electrons. The van der Waals surface area contributed by atoms with Gasteiger partial charge in [0.15, 0.2) is 0 Å². The summed E-state index contributed by atoms with van der Waals surface area (Å²) >= 11 is 0. The van der Waals surface area contributed by atoms with E-state index in [1.165, 1.54) is 0 Å². The van der Waals surface area contributed by atoms with Crippen molar-refractivity contribution < 1.29 is 19.4 Å². The van der Waals surface area contributed by atoms with Crippen LogP contribution in [0.15, 0.2) is 34.9 Å². The number of benzene rings is 1. The normalized spacial score (nSPS) is 18.4. The van der Waals surface area contributed by atoms with Crippen molar-refractivity contribution in [2.75, 3.05) is 19.6 Å². The summed E-state index contributed by atoms with van der Waals surface area (Å²) in [4.78, 5) is 12.8. The van der Waals surface area contributed by atoms with Gasteiger partial charge in [-0.1, -0.05) is 18.2 Å². The van der Waals surface area contributed by atoms with Gasteiger partial charge in [-0.3, -0.25) is 0 Å². The van der Waals surface area contributed by atoms with E-state index in [-0.39, 0.29) is 6.04 Å². The average Bonchev–Trinajstić information content (AvgIpc) is 2.93. The van der Waals surface area contributed by atoms with E-state index in [1.54, 1.807) is 6.26 Å². The second-order valence-electron chi connectivity index (χ2n) is 5.73. The fraction of sp³-hybridized carbons (Fsp3) is 0.438. The first-order valence-electron chi connectivity index (χ1n) is 7.49. The van der Waals surface area contributed by atoms with Gasteiger partial charge in [-0.15, -0.1) is 0 Å². The van der Waals surface area contributed by atoms with Crippen LogP contribution in [0.3, 0.4) is 0 Å². The molecule has 1 aliphatic rings. The number of rotatable bonds is 4. The number of β-amino-alcohol motifs (C(OH)–C–C–N with tert-alkyl or cyclic N) is 1. The Bertz CT molecular complexity index is 646. The van der Waals surface area contributed by atoms with Crippen molar-refractivity contribution >= 4 is 17.1 Å². The van der Waals surface area contributed by atoms with Crippen molar-refractivity contribution in [3.8, 4) is 0 Å². The molecule has 3 N–H and O–H groups in total. The number of carboxylic acid groups (broad SMARTS) is 1. The van der Waals surface area contributed by atoms with Crippen molar-refractivity contribution in [1.29, 1.82) is 0 Å². The molecule has 0 bridgehead atoms. The van der Waals surface area contributed by atoms with Gasteiger partial charge in [0.1, 0.15) is 5.58 Å². The molecule has 6 nitrogen and oxygen atoms in total. The van der Waals surface area contributed by atoms with Crippen LogP contribution in [0.1, 0.15) is 24.5 Å². The highest BCUT2D eigenvalue weighted by Crippen LogP contribution is 2.27. The molecular weight excluding hydrogens is 284 g/mol. The van der Waals surface area contributed by atoms with Gasteiger partial charge in [-0.25, -0.2) is 4.79 Å². The van der Waals surface area contributed by atoms with Crippen LogP contribution < -0.4 is 5.32 Å². The molecule has 22 heavy (non-hydrogen) atoms. The van der Waals surface area contributed by atoms with E-state index in [4.69, 9.17) is 9.52 Å². The molecule has 0 aliphatic carbocycles. The lowest BCUT2D eigenvalue weighted by Gasteiger charge is -2.32. The van der Waals surface area contributed by atoms with E-state index in [1.807, 2.05) is 24.3 Å². The summed E-state index contributed by atoms with van der Waals surface area (Å²) in [6, 6.07) is 7.68. The Morgan fingerprint density at radius 1 is 1.36 bits per heavy atom. The molecule has 0 radical (unpaired) electrons. The number of aliphatic hydroxyl groups excluding tert-OH is 1. The number of fused-ring (bicyclic) bond motifs is 1. The Balaban J connectivity index is 1.59. The van der Waals surface area contributed by atoms with Gasteiger partial charge >= 0.3 is 6.09 Å². The lowest BCUT2D eigenvalue weighted by atomic mass is 10.0. The molecule has 1 aliphatic heterocycles. The number of aliphatic hydroxyl groups is 1. The smallest absolute Gasteiger partial charge is 0.404 e. The lowest BCUT2D eigenvalue weighted by Crippen LogP contribution is -2.45. The standard InChI is InChI=1S/C16H20N2O4/c19-14(13-10-22-15-4-2-1-3-12(13)15)9-18-7-5-11(6-8-18)17-16(20)21/h1-4,10-11,14,17,19H,5-9H2,(H,20,21). The highest BCUT2D eigenvalue weighted by atomic mass is 16.4. The molecule has 1 saturated heterocycles. The van der Waals surface area contributed by atoms with Crippen LogP contribution in [0.2, 0.25) is 0 Å². The Morgan fingerprint density at radius 2 is 2.09 bits per heavy atom. The minimum Gasteiger partial charge on any atom is -0.465 e.